The zero-order chi connectivity index (χ0) is 44.0. The summed E-state index contributed by atoms with van der Waals surface area (Å²) in [5.41, 5.74) is -0.706. The van der Waals surface area contributed by atoms with Crippen molar-refractivity contribution in [3.63, 3.8) is 0 Å². The quantitative estimate of drug-likeness (QED) is 0.0566. The molecule has 1 saturated heterocycles. The van der Waals surface area contributed by atoms with E-state index < -0.39 is 43.1 Å². The van der Waals surface area contributed by atoms with Gasteiger partial charge in [0, 0.05) is 18.2 Å². The number of ether oxygens (including phenoxy) is 5. The Morgan fingerprint density at radius 1 is 0.758 bits per heavy atom. The predicted molar refractivity (Wildman–Crippen MR) is 245 cm³/mol. The number of hydrogen-bond acceptors (Lipinski definition) is 8. The van der Waals surface area contributed by atoms with Crippen molar-refractivity contribution < 1.29 is 28.1 Å². The summed E-state index contributed by atoms with van der Waals surface area (Å²) in [6, 6.07) is 46.6. The molecular weight excluding hydrogens is 797 g/mol. The molecule has 11 heteroatoms. The van der Waals surface area contributed by atoms with Crippen molar-refractivity contribution in [3.05, 3.63) is 201 Å². The number of hydrogen-bond donors (Lipinski definition) is 1. The van der Waals surface area contributed by atoms with Crippen LogP contribution in [0.3, 0.4) is 0 Å². The van der Waals surface area contributed by atoms with Crippen molar-refractivity contribution in [2.24, 2.45) is 0 Å². The number of nitrogens with zero attached hydrogens (tertiary/aromatic N) is 1. The molecule has 0 aliphatic carbocycles. The molecule has 0 bridgehead atoms. The molecule has 10 nitrogen and oxygen atoms in total. The van der Waals surface area contributed by atoms with E-state index in [1.807, 2.05) is 91.0 Å². The summed E-state index contributed by atoms with van der Waals surface area (Å²) < 4.78 is 42.0. The van der Waals surface area contributed by atoms with Crippen LogP contribution in [0.4, 0.5) is 0 Å². The first-order valence-corrected chi connectivity index (χ1v) is 22.8. The Kier molecular flexibility index (Phi) is 13.3. The normalized spacial score (nSPS) is 18.0. The Balaban J connectivity index is 1.45. The Hall–Kier alpha value is -5.82. The average Bonchev–Trinajstić information content (AvgIpc) is 3.66. The topological polar surface area (TPSA) is 110 Å². The maximum Gasteiger partial charge on any atom is 0.330 e. The lowest BCUT2D eigenvalue weighted by atomic mass is 9.79. The van der Waals surface area contributed by atoms with Gasteiger partial charge in [0.25, 0.3) is 13.9 Å². The number of aryl methyl sites for hydroxylation is 1. The molecule has 1 N–H and O–H groups in total. The molecule has 62 heavy (non-hydrogen) atoms. The van der Waals surface area contributed by atoms with Crippen LogP contribution in [-0.4, -0.2) is 63.6 Å². The van der Waals surface area contributed by atoms with Gasteiger partial charge in [-0.3, -0.25) is 14.3 Å². The van der Waals surface area contributed by atoms with E-state index in [4.69, 9.17) is 28.1 Å². The molecule has 3 atom stereocenters. The van der Waals surface area contributed by atoms with Gasteiger partial charge in [-0.2, -0.15) is 0 Å². The van der Waals surface area contributed by atoms with E-state index in [1.165, 1.54) is 4.57 Å². The summed E-state index contributed by atoms with van der Waals surface area (Å²) >= 11 is 0. The van der Waals surface area contributed by atoms with E-state index >= 15 is 0 Å². The van der Waals surface area contributed by atoms with Crippen molar-refractivity contribution in [3.8, 4) is 11.5 Å². The van der Waals surface area contributed by atoms with E-state index in [0.29, 0.717) is 17.1 Å². The third kappa shape index (κ3) is 8.51. The molecule has 0 unspecified atom stereocenters. The Bertz CT molecular complexity index is 2430. The molecule has 0 radical (unpaired) electrons. The Morgan fingerprint density at radius 3 is 1.74 bits per heavy atom. The van der Waals surface area contributed by atoms with Crippen LogP contribution >= 0.6 is 0 Å². The summed E-state index contributed by atoms with van der Waals surface area (Å²) in [5, 5.41) is 1.81. The predicted octanol–water partition coefficient (Wildman–Crippen LogP) is 7.68. The third-order valence-electron chi connectivity index (χ3n) is 11.9. The first kappa shape index (κ1) is 44.2. The number of methoxy groups -OCH3 is 2. The minimum absolute atomic E-state index is 0.0196. The highest BCUT2D eigenvalue weighted by Gasteiger charge is 2.57. The highest BCUT2D eigenvalue weighted by atomic mass is 28.4. The van der Waals surface area contributed by atoms with E-state index in [-0.39, 0.29) is 31.3 Å². The van der Waals surface area contributed by atoms with Crippen LogP contribution in [0.1, 0.15) is 55.7 Å². The van der Waals surface area contributed by atoms with Crippen LogP contribution in [0.15, 0.2) is 168 Å². The van der Waals surface area contributed by atoms with Crippen molar-refractivity contribution >= 4 is 18.7 Å². The number of aromatic nitrogens is 2. The van der Waals surface area contributed by atoms with E-state index in [1.54, 1.807) is 33.4 Å². The fourth-order valence-electron chi connectivity index (χ4n) is 8.76. The van der Waals surface area contributed by atoms with E-state index in [0.717, 1.165) is 27.1 Å². The second-order valence-electron chi connectivity index (χ2n) is 16.7. The number of rotatable bonds is 17. The number of nitrogens with one attached hydrogen (secondary N) is 1. The number of benzene rings is 5. The lowest BCUT2D eigenvalue weighted by molar-refractivity contribution is -0.182. The van der Waals surface area contributed by atoms with Gasteiger partial charge in [0.05, 0.1) is 40.1 Å². The van der Waals surface area contributed by atoms with Gasteiger partial charge in [-0.05, 0) is 63.3 Å². The molecular formula is C51H56N2O8Si. The average molecular weight is 853 g/mol. The van der Waals surface area contributed by atoms with Crippen molar-refractivity contribution in [1.82, 2.24) is 9.55 Å². The van der Waals surface area contributed by atoms with Crippen LogP contribution in [-0.2, 0) is 24.2 Å². The molecule has 322 valence electrons. The first-order chi connectivity index (χ1) is 29.9. The van der Waals surface area contributed by atoms with Crippen LogP contribution in [0.25, 0.3) is 0 Å². The zero-order valence-corrected chi connectivity index (χ0v) is 37.3. The molecule has 0 amide bonds. The van der Waals surface area contributed by atoms with Crippen molar-refractivity contribution in [1.29, 1.82) is 0 Å². The third-order valence-corrected chi connectivity index (χ3v) is 16.9. The van der Waals surface area contributed by atoms with Gasteiger partial charge in [-0.25, -0.2) is 4.79 Å². The molecule has 0 saturated carbocycles. The van der Waals surface area contributed by atoms with E-state index in [2.05, 4.69) is 80.9 Å². The van der Waals surface area contributed by atoms with Gasteiger partial charge >= 0.3 is 5.69 Å². The lowest BCUT2D eigenvalue weighted by Crippen LogP contribution is -2.68. The fourth-order valence-corrected chi connectivity index (χ4v) is 13.4. The summed E-state index contributed by atoms with van der Waals surface area (Å²) in [6.07, 6.45) is 1.95. The van der Waals surface area contributed by atoms with Gasteiger partial charge in [-0.1, -0.05) is 142 Å². The minimum atomic E-state index is -3.20. The van der Waals surface area contributed by atoms with Crippen LogP contribution in [0.2, 0.25) is 5.04 Å². The zero-order valence-electron chi connectivity index (χ0n) is 36.3. The van der Waals surface area contributed by atoms with Crippen LogP contribution in [0.5, 0.6) is 11.5 Å². The highest BCUT2D eigenvalue weighted by Crippen LogP contribution is 2.47. The second kappa shape index (κ2) is 18.7. The molecule has 5 aromatic carbocycles. The smallest absolute Gasteiger partial charge is 0.330 e. The maximum absolute atomic E-state index is 13.6. The minimum Gasteiger partial charge on any atom is -0.497 e. The van der Waals surface area contributed by atoms with Gasteiger partial charge in [0.2, 0.25) is 0 Å². The summed E-state index contributed by atoms with van der Waals surface area (Å²) in [7, 11) is 0.0844. The van der Waals surface area contributed by atoms with Crippen LogP contribution < -0.4 is 31.1 Å². The molecule has 1 aliphatic heterocycles. The second-order valence-corrected chi connectivity index (χ2v) is 21.0. The number of aromatic amines is 1. The monoisotopic (exact) mass is 852 g/mol. The van der Waals surface area contributed by atoms with Gasteiger partial charge in [0.15, 0.2) is 0 Å². The van der Waals surface area contributed by atoms with Gasteiger partial charge < -0.3 is 28.1 Å². The van der Waals surface area contributed by atoms with Crippen molar-refractivity contribution in [2.75, 3.05) is 34.0 Å². The molecule has 0 spiro atoms. The maximum atomic E-state index is 13.6. The SMILES string of the molecule is C=CCO[C@H]1C[C@H](n2cc(C)c(=O)[nH]c2=O)O[C@]1(COC(c1ccccc1)(c1ccc(OC)cc1)c1ccc(OC)cc1)CO[Si](c1ccccc1)(c1ccccc1)C(C)(C)C. The summed E-state index contributed by atoms with van der Waals surface area (Å²) in [5.74, 6) is 1.39. The molecule has 1 fully saturated rings. The molecule has 7 rings (SSSR count). The summed E-state index contributed by atoms with van der Waals surface area (Å²) in [4.78, 5) is 28.7. The fraction of sp³-hybridized carbons (Fsp3) is 0.294. The molecule has 1 aromatic heterocycles. The molecule has 6 aromatic rings. The largest absolute Gasteiger partial charge is 0.497 e. The lowest BCUT2D eigenvalue weighted by Gasteiger charge is -2.46. The molecule has 2 heterocycles. The van der Waals surface area contributed by atoms with Crippen LogP contribution in [0, 0.1) is 6.92 Å². The highest BCUT2D eigenvalue weighted by molar-refractivity contribution is 6.99. The molecule has 1 aliphatic rings. The Labute approximate surface area is 364 Å². The van der Waals surface area contributed by atoms with Crippen molar-refractivity contribution in [2.45, 2.75) is 62.7 Å². The first-order valence-electron chi connectivity index (χ1n) is 20.9. The van der Waals surface area contributed by atoms with Gasteiger partial charge in [-0.15, -0.1) is 6.58 Å². The number of H-pyrrole nitrogens is 1. The van der Waals surface area contributed by atoms with Gasteiger partial charge in [0.1, 0.15) is 28.9 Å². The summed E-state index contributed by atoms with van der Waals surface area (Å²) in [6.45, 7) is 12.5. The Morgan fingerprint density at radius 2 is 1.26 bits per heavy atom. The van der Waals surface area contributed by atoms with E-state index in [9.17, 15) is 9.59 Å². The standard InChI is InChI=1S/C51H56N2O8Si/c1-8-32-58-45-33-46(53-34-37(2)47(54)52-48(53)55)61-50(45,36-60-62(49(3,4)5,43-20-14-10-15-21-43)44-22-16-11-17-23-44)35-59-51(38-18-12-9-13-19-38,39-24-28-41(56-6)29-25-39)40-26-30-42(57-7)31-27-40/h8-31,34,45-46H,1,32-33,35-36H2,2-7H3,(H,52,54,55)/t45-,46+,50+/m0/s1.